The van der Waals surface area contributed by atoms with Crippen LogP contribution in [0.4, 0.5) is 5.69 Å². The maximum absolute atomic E-state index is 5.38. The van der Waals surface area contributed by atoms with Crippen LogP contribution in [0.1, 0.15) is 18.4 Å². The summed E-state index contributed by atoms with van der Waals surface area (Å²) in [5.41, 5.74) is 2.31. The summed E-state index contributed by atoms with van der Waals surface area (Å²) < 4.78 is 10.6. The number of hydrogen-bond acceptors (Lipinski definition) is 3. The van der Waals surface area contributed by atoms with Crippen molar-refractivity contribution in [3.8, 4) is 11.5 Å². The fraction of sp³-hybridized carbons (Fsp3) is 0.294. The van der Waals surface area contributed by atoms with E-state index in [0.29, 0.717) is 5.92 Å². The van der Waals surface area contributed by atoms with Crippen LogP contribution in [0.15, 0.2) is 48.5 Å². The SMILES string of the molecule is COc1ccc(NCC(C)c2ccccc2)c(OC)c1. The molecule has 0 spiro atoms. The lowest BCUT2D eigenvalue weighted by Gasteiger charge is -2.16. The molecule has 1 unspecified atom stereocenters. The van der Waals surface area contributed by atoms with Crippen LogP contribution in [0, 0.1) is 0 Å². The molecule has 0 saturated heterocycles. The Morgan fingerprint density at radius 1 is 1.00 bits per heavy atom. The Morgan fingerprint density at radius 2 is 1.75 bits per heavy atom. The van der Waals surface area contributed by atoms with Gasteiger partial charge in [0.1, 0.15) is 11.5 Å². The molecule has 20 heavy (non-hydrogen) atoms. The molecule has 0 heterocycles. The molecule has 0 amide bonds. The first-order chi connectivity index (χ1) is 9.74. The molecular formula is C17H21NO2. The van der Waals surface area contributed by atoms with E-state index in [-0.39, 0.29) is 0 Å². The maximum atomic E-state index is 5.38. The van der Waals surface area contributed by atoms with Gasteiger partial charge in [-0.3, -0.25) is 0 Å². The highest BCUT2D eigenvalue weighted by atomic mass is 16.5. The molecule has 106 valence electrons. The zero-order valence-corrected chi connectivity index (χ0v) is 12.2. The molecule has 1 atom stereocenters. The molecule has 2 rings (SSSR count). The van der Waals surface area contributed by atoms with Crippen LogP contribution in [-0.4, -0.2) is 20.8 Å². The standard InChI is InChI=1S/C17H21NO2/c1-13(14-7-5-4-6-8-14)12-18-16-10-9-15(19-2)11-17(16)20-3/h4-11,13,18H,12H2,1-3H3. The van der Waals surface area contributed by atoms with Gasteiger partial charge in [-0.25, -0.2) is 0 Å². The van der Waals surface area contributed by atoms with Crippen molar-refractivity contribution in [1.82, 2.24) is 0 Å². The van der Waals surface area contributed by atoms with Gasteiger partial charge in [0.2, 0.25) is 0 Å². The highest BCUT2D eigenvalue weighted by molar-refractivity contribution is 5.59. The summed E-state index contributed by atoms with van der Waals surface area (Å²) >= 11 is 0. The molecular weight excluding hydrogens is 250 g/mol. The van der Waals surface area contributed by atoms with Crippen LogP contribution in [0.2, 0.25) is 0 Å². The van der Waals surface area contributed by atoms with Crippen LogP contribution < -0.4 is 14.8 Å². The zero-order chi connectivity index (χ0) is 14.4. The third kappa shape index (κ3) is 3.44. The van der Waals surface area contributed by atoms with Crippen molar-refractivity contribution < 1.29 is 9.47 Å². The summed E-state index contributed by atoms with van der Waals surface area (Å²) in [5.74, 6) is 2.02. The van der Waals surface area contributed by atoms with Gasteiger partial charge in [0, 0.05) is 12.6 Å². The smallest absolute Gasteiger partial charge is 0.145 e. The fourth-order valence-electron chi connectivity index (χ4n) is 2.11. The molecule has 3 nitrogen and oxygen atoms in total. The lowest BCUT2D eigenvalue weighted by Crippen LogP contribution is -2.10. The Bertz CT molecular complexity index is 540. The molecule has 2 aromatic carbocycles. The number of benzene rings is 2. The highest BCUT2D eigenvalue weighted by Gasteiger charge is 2.08. The Balaban J connectivity index is 2.03. The fourth-order valence-corrected chi connectivity index (χ4v) is 2.11. The summed E-state index contributed by atoms with van der Waals surface area (Å²) in [4.78, 5) is 0. The van der Waals surface area contributed by atoms with Crippen molar-refractivity contribution in [3.63, 3.8) is 0 Å². The number of anilines is 1. The van der Waals surface area contributed by atoms with Gasteiger partial charge in [-0.1, -0.05) is 37.3 Å². The monoisotopic (exact) mass is 271 g/mol. The summed E-state index contributed by atoms with van der Waals surface area (Å²) in [7, 11) is 3.32. The lowest BCUT2D eigenvalue weighted by molar-refractivity contribution is 0.395. The Labute approximate surface area is 120 Å². The van der Waals surface area contributed by atoms with Crippen molar-refractivity contribution in [3.05, 3.63) is 54.1 Å². The van der Waals surface area contributed by atoms with Crippen molar-refractivity contribution in [2.24, 2.45) is 0 Å². The molecule has 1 N–H and O–H groups in total. The van der Waals surface area contributed by atoms with E-state index < -0.39 is 0 Å². The average Bonchev–Trinajstić information content (AvgIpc) is 2.53. The van der Waals surface area contributed by atoms with Crippen LogP contribution in [0.5, 0.6) is 11.5 Å². The van der Waals surface area contributed by atoms with E-state index in [4.69, 9.17) is 9.47 Å². The normalized spacial score (nSPS) is 11.8. The van der Waals surface area contributed by atoms with Crippen molar-refractivity contribution in [2.75, 3.05) is 26.1 Å². The number of nitrogens with one attached hydrogen (secondary N) is 1. The van der Waals surface area contributed by atoms with Gasteiger partial charge >= 0.3 is 0 Å². The largest absolute Gasteiger partial charge is 0.497 e. The van der Waals surface area contributed by atoms with Gasteiger partial charge in [-0.05, 0) is 23.6 Å². The number of ether oxygens (including phenoxy) is 2. The van der Waals surface area contributed by atoms with E-state index in [0.717, 1.165) is 23.7 Å². The van der Waals surface area contributed by atoms with Crippen LogP contribution in [0.25, 0.3) is 0 Å². The predicted octanol–water partition coefficient (Wildman–Crippen LogP) is 3.92. The summed E-state index contributed by atoms with van der Waals surface area (Å²) in [5, 5.41) is 3.43. The first-order valence-electron chi connectivity index (χ1n) is 6.75. The molecule has 0 bridgehead atoms. The molecule has 2 aromatic rings. The van der Waals surface area contributed by atoms with Gasteiger partial charge in [0.05, 0.1) is 19.9 Å². The first kappa shape index (κ1) is 14.3. The summed E-state index contributed by atoms with van der Waals surface area (Å²) in [6.45, 7) is 3.06. The number of methoxy groups -OCH3 is 2. The second-order valence-electron chi connectivity index (χ2n) is 4.76. The quantitative estimate of drug-likeness (QED) is 0.863. The zero-order valence-electron chi connectivity index (χ0n) is 12.2. The van der Waals surface area contributed by atoms with E-state index in [1.165, 1.54) is 5.56 Å². The topological polar surface area (TPSA) is 30.5 Å². The second-order valence-corrected chi connectivity index (χ2v) is 4.76. The second kappa shape index (κ2) is 6.85. The maximum Gasteiger partial charge on any atom is 0.145 e. The molecule has 0 fully saturated rings. The summed E-state index contributed by atoms with van der Waals surface area (Å²) in [6, 6.07) is 16.3. The van der Waals surface area contributed by atoms with E-state index >= 15 is 0 Å². The number of rotatable bonds is 6. The third-order valence-corrected chi connectivity index (χ3v) is 3.38. The van der Waals surface area contributed by atoms with Gasteiger partial charge in [-0.15, -0.1) is 0 Å². The van der Waals surface area contributed by atoms with Crippen molar-refractivity contribution in [1.29, 1.82) is 0 Å². The Morgan fingerprint density at radius 3 is 2.40 bits per heavy atom. The average molecular weight is 271 g/mol. The van der Waals surface area contributed by atoms with Crippen molar-refractivity contribution in [2.45, 2.75) is 12.8 Å². The predicted molar refractivity (Wildman–Crippen MR) is 82.9 cm³/mol. The minimum atomic E-state index is 0.433. The third-order valence-electron chi connectivity index (χ3n) is 3.38. The molecule has 0 aliphatic carbocycles. The van der Waals surface area contributed by atoms with Crippen LogP contribution in [0.3, 0.4) is 0 Å². The van der Waals surface area contributed by atoms with E-state index in [2.05, 4.69) is 36.5 Å². The summed E-state index contributed by atoms with van der Waals surface area (Å²) in [6.07, 6.45) is 0. The minimum Gasteiger partial charge on any atom is -0.497 e. The number of hydrogen-bond donors (Lipinski definition) is 1. The highest BCUT2D eigenvalue weighted by Crippen LogP contribution is 2.29. The van der Waals surface area contributed by atoms with Gasteiger partial charge in [0.25, 0.3) is 0 Å². The molecule has 0 saturated carbocycles. The van der Waals surface area contributed by atoms with Gasteiger partial charge in [0.15, 0.2) is 0 Å². The lowest BCUT2D eigenvalue weighted by atomic mass is 10.0. The molecule has 0 aliphatic rings. The van der Waals surface area contributed by atoms with E-state index in [9.17, 15) is 0 Å². The molecule has 0 radical (unpaired) electrons. The molecule has 0 aromatic heterocycles. The Hall–Kier alpha value is -2.16. The van der Waals surface area contributed by atoms with Crippen LogP contribution in [-0.2, 0) is 0 Å². The van der Waals surface area contributed by atoms with Crippen LogP contribution >= 0.6 is 0 Å². The molecule has 3 heteroatoms. The van der Waals surface area contributed by atoms with Gasteiger partial charge in [-0.2, -0.15) is 0 Å². The van der Waals surface area contributed by atoms with E-state index in [1.54, 1.807) is 14.2 Å². The Kier molecular flexibility index (Phi) is 4.88. The first-order valence-corrected chi connectivity index (χ1v) is 6.75. The van der Waals surface area contributed by atoms with E-state index in [1.807, 2.05) is 24.3 Å². The molecule has 0 aliphatic heterocycles. The van der Waals surface area contributed by atoms with Gasteiger partial charge < -0.3 is 14.8 Å². The van der Waals surface area contributed by atoms with Crippen molar-refractivity contribution >= 4 is 5.69 Å². The minimum absolute atomic E-state index is 0.433.